The highest BCUT2D eigenvalue weighted by Crippen LogP contribution is 2.19. The lowest BCUT2D eigenvalue weighted by Crippen LogP contribution is -2.36. The number of piperidine rings is 1. The zero-order valence-electron chi connectivity index (χ0n) is 9.87. The first kappa shape index (κ1) is 12.6. The van der Waals surface area contributed by atoms with Gasteiger partial charge in [-0.15, -0.1) is 0 Å². The van der Waals surface area contributed by atoms with Gasteiger partial charge < -0.3 is 10.6 Å². The van der Waals surface area contributed by atoms with E-state index in [1.165, 1.54) is 4.68 Å². The monoisotopic (exact) mass is 300 g/mol. The molecule has 1 saturated heterocycles. The van der Waals surface area contributed by atoms with Gasteiger partial charge in [0.1, 0.15) is 4.47 Å². The molecular formula is C11H17BrN4O. The lowest BCUT2D eigenvalue weighted by Gasteiger charge is -2.25. The lowest BCUT2D eigenvalue weighted by atomic mass is 10.1. The van der Waals surface area contributed by atoms with Crippen LogP contribution in [0.5, 0.6) is 0 Å². The summed E-state index contributed by atoms with van der Waals surface area (Å²) < 4.78 is 2.02. The third kappa shape index (κ3) is 2.87. The van der Waals surface area contributed by atoms with Crippen molar-refractivity contribution in [2.24, 2.45) is 0 Å². The highest BCUT2D eigenvalue weighted by molar-refractivity contribution is 9.10. The summed E-state index contributed by atoms with van der Waals surface area (Å²) >= 11 is 3.35. The largest absolute Gasteiger partial charge is 0.380 e. The maximum Gasteiger partial charge on any atom is 0.283 e. The van der Waals surface area contributed by atoms with Crippen LogP contribution in [0.25, 0.3) is 0 Å². The maximum absolute atomic E-state index is 11.9. The fourth-order valence-electron chi connectivity index (χ4n) is 1.98. The summed E-state index contributed by atoms with van der Waals surface area (Å²) in [6.07, 6.45) is 3.86. The Morgan fingerprint density at radius 3 is 2.94 bits per heavy atom. The molecule has 0 spiro atoms. The highest BCUT2D eigenvalue weighted by atomic mass is 79.9. The van der Waals surface area contributed by atoms with E-state index >= 15 is 0 Å². The van der Waals surface area contributed by atoms with E-state index in [0.29, 0.717) is 17.1 Å². The molecule has 0 unspecified atom stereocenters. The van der Waals surface area contributed by atoms with Crippen LogP contribution in [0, 0.1) is 0 Å². The number of halogens is 1. The normalized spacial score (nSPS) is 17.1. The molecule has 6 heteroatoms. The molecule has 0 aliphatic carbocycles. The second kappa shape index (κ2) is 5.64. The van der Waals surface area contributed by atoms with Gasteiger partial charge in [0.05, 0.1) is 11.9 Å². The average molecular weight is 301 g/mol. The topological polar surface area (TPSA) is 59.0 Å². The number of hydrogen-bond acceptors (Lipinski definition) is 4. The number of anilines is 1. The van der Waals surface area contributed by atoms with Crippen molar-refractivity contribution in [3.63, 3.8) is 0 Å². The average Bonchev–Trinajstić information content (AvgIpc) is 2.37. The molecule has 5 nitrogen and oxygen atoms in total. The van der Waals surface area contributed by atoms with Crippen molar-refractivity contribution in [1.82, 2.24) is 15.1 Å². The molecule has 1 aromatic rings. The van der Waals surface area contributed by atoms with Gasteiger partial charge in [0, 0.05) is 12.6 Å². The molecule has 0 radical (unpaired) electrons. The van der Waals surface area contributed by atoms with Crippen LogP contribution >= 0.6 is 15.9 Å². The first-order chi connectivity index (χ1) is 8.22. The molecule has 1 fully saturated rings. The number of hydrogen-bond donors (Lipinski definition) is 2. The Kier molecular flexibility index (Phi) is 4.17. The van der Waals surface area contributed by atoms with E-state index in [-0.39, 0.29) is 5.56 Å². The molecule has 0 aromatic carbocycles. The van der Waals surface area contributed by atoms with Gasteiger partial charge in [-0.3, -0.25) is 4.79 Å². The predicted molar refractivity (Wildman–Crippen MR) is 71.4 cm³/mol. The van der Waals surface area contributed by atoms with E-state index in [1.807, 2.05) is 6.92 Å². The van der Waals surface area contributed by atoms with Crippen molar-refractivity contribution >= 4 is 21.6 Å². The van der Waals surface area contributed by atoms with Crippen LogP contribution in [0.1, 0.15) is 19.8 Å². The SMILES string of the molecule is CCn1ncc(NC2CCNCC2)c(Br)c1=O. The first-order valence-electron chi connectivity index (χ1n) is 5.95. The summed E-state index contributed by atoms with van der Waals surface area (Å²) in [5.74, 6) is 0. The quantitative estimate of drug-likeness (QED) is 0.880. The Morgan fingerprint density at radius 1 is 1.59 bits per heavy atom. The number of nitrogens with one attached hydrogen (secondary N) is 2. The summed E-state index contributed by atoms with van der Waals surface area (Å²) in [4.78, 5) is 11.9. The van der Waals surface area contributed by atoms with Gasteiger partial charge in [0.25, 0.3) is 5.56 Å². The Bertz CT molecular complexity index is 440. The first-order valence-corrected chi connectivity index (χ1v) is 6.74. The van der Waals surface area contributed by atoms with Crippen LogP contribution in [0.2, 0.25) is 0 Å². The fourth-order valence-corrected chi connectivity index (χ4v) is 2.40. The van der Waals surface area contributed by atoms with Gasteiger partial charge >= 0.3 is 0 Å². The van der Waals surface area contributed by atoms with Gasteiger partial charge in [-0.05, 0) is 48.8 Å². The Labute approximate surface area is 109 Å². The Hall–Kier alpha value is -0.880. The summed E-state index contributed by atoms with van der Waals surface area (Å²) in [7, 11) is 0. The van der Waals surface area contributed by atoms with Crippen LogP contribution in [0.15, 0.2) is 15.5 Å². The Morgan fingerprint density at radius 2 is 2.29 bits per heavy atom. The molecule has 1 aliphatic heterocycles. The molecular weight excluding hydrogens is 284 g/mol. The van der Waals surface area contributed by atoms with Gasteiger partial charge in [0.2, 0.25) is 0 Å². The van der Waals surface area contributed by atoms with E-state index < -0.39 is 0 Å². The Balaban J connectivity index is 2.15. The summed E-state index contributed by atoms with van der Waals surface area (Å²) in [6.45, 7) is 4.54. The van der Waals surface area contributed by atoms with Crippen LogP contribution in [0.4, 0.5) is 5.69 Å². The van der Waals surface area contributed by atoms with Crippen LogP contribution in [-0.4, -0.2) is 28.9 Å². The summed E-state index contributed by atoms with van der Waals surface area (Å²) in [6, 6.07) is 0.422. The number of aromatic nitrogens is 2. The van der Waals surface area contributed by atoms with Crippen molar-refractivity contribution in [2.75, 3.05) is 18.4 Å². The molecule has 0 atom stereocenters. The molecule has 2 N–H and O–H groups in total. The van der Waals surface area contributed by atoms with E-state index in [2.05, 4.69) is 31.7 Å². The fraction of sp³-hybridized carbons (Fsp3) is 0.636. The van der Waals surface area contributed by atoms with Crippen molar-refractivity contribution < 1.29 is 0 Å². The molecule has 2 heterocycles. The predicted octanol–water partition coefficient (Wildman–Crippen LogP) is 1.19. The van der Waals surface area contributed by atoms with Crippen molar-refractivity contribution in [1.29, 1.82) is 0 Å². The third-order valence-electron chi connectivity index (χ3n) is 2.98. The smallest absolute Gasteiger partial charge is 0.283 e. The van der Waals surface area contributed by atoms with Crippen molar-refractivity contribution in [3.05, 3.63) is 21.0 Å². The minimum absolute atomic E-state index is 0.0774. The van der Waals surface area contributed by atoms with Gasteiger partial charge in [-0.1, -0.05) is 0 Å². The van der Waals surface area contributed by atoms with E-state index in [4.69, 9.17) is 0 Å². The minimum Gasteiger partial charge on any atom is -0.380 e. The van der Waals surface area contributed by atoms with E-state index in [1.54, 1.807) is 6.20 Å². The third-order valence-corrected chi connectivity index (χ3v) is 3.75. The second-order valence-electron chi connectivity index (χ2n) is 4.16. The van der Waals surface area contributed by atoms with Crippen LogP contribution < -0.4 is 16.2 Å². The second-order valence-corrected chi connectivity index (χ2v) is 4.95. The minimum atomic E-state index is -0.0774. The van der Waals surface area contributed by atoms with E-state index in [0.717, 1.165) is 31.6 Å². The molecule has 94 valence electrons. The summed E-state index contributed by atoms with van der Waals surface area (Å²) in [5, 5.41) is 10.8. The molecule has 0 amide bonds. The zero-order chi connectivity index (χ0) is 12.3. The number of nitrogens with zero attached hydrogens (tertiary/aromatic N) is 2. The lowest BCUT2D eigenvalue weighted by molar-refractivity contribution is 0.478. The molecule has 1 aliphatic rings. The van der Waals surface area contributed by atoms with Gasteiger partial charge in [-0.2, -0.15) is 5.10 Å². The van der Waals surface area contributed by atoms with Crippen molar-refractivity contribution in [3.8, 4) is 0 Å². The molecule has 1 aromatic heterocycles. The summed E-state index contributed by atoms with van der Waals surface area (Å²) in [5.41, 5.74) is 0.720. The highest BCUT2D eigenvalue weighted by Gasteiger charge is 2.15. The van der Waals surface area contributed by atoms with Crippen LogP contribution in [0.3, 0.4) is 0 Å². The van der Waals surface area contributed by atoms with Crippen LogP contribution in [-0.2, 0) is 6.54 Å². The van der Waals surface area contributed by atoms with Crippen molar-refractivity contribution in [2.45, 2.75) is 32.4 Å². The van der Waals surface area contributed by atoms with E-state index in [9.17, 15) is 4.79 Å². The molecule has 2 rings (SSSR count). The zero-order valence-corrected chi connectivity index (χ0v) is 11.5. The maximum atomic E-state index is 11.9. The number of aryl methyl sites for hydroxylation is 1. The van der Waals surface area contributed by atoms with Gasteiger partial charge in [-0.25, -0.2) is 4.68 Å². The van der Waals surface area contributed by atoms with Gasteiger partial charge in [0.15, 0.2) is 0 Å². The number of rotatable bonds is 3. The molecule has 0 saturated carbocycles. The molecule has 17 heavy (non-hydrogen) atoms. The molecule has 0 bridgehead atoms. The standard InChI is InChI=1S/C11H17BrN4O/c1-2-16-11(17)10(12)9(7-14-16)15-8-3-5-13-6-4-8/h7-8,13,15H,2-6H2,1H3.